The third kappa shape index (κ3) is 4.67. The number of carbonyl (C=O) groups is 1. The second-order valence-electron chi connectivity index (χ2n) is 6.31. The second-order valence-corrected chi connectivity index (χ2v) is 6.72. The number of piperidine rings is 1. The van der Waals surface area contributed by atoms with Gasteiger partial charge in [-0.05, 0) is 62.1 Å². The molecule has 0 unspecified atom stereocenters. The van der Waals surface area contributed by atoms with Gasteiger partial charge in [-0.1, -0.05) is 23.7 Å². The molecule has 1 heterocycles. The van der Waals surface area contributed by atoms with Gasteiger partial charge in [0.15, 0.2) is 6.61 Å². The van der Waals surface area contributed by atoms with Gasteiger partial charge in [0.05, 0.1) is 11.4 Å². The van der Waals surface area contributed by atoms with Crippen LogP contribution >= 0.6 is 11.6 Å². The molecule has 0 saturated carbocycles. The molecule has 0 aliphatic carbocycles. The molecule has 1 amide bonds. The fraction of sp³-hybridized carbons (Fsp3) is 0.350. The van der Waals surface area contributed by atoms with E-state index in [-0.39, 0.29) is 12.5 Å². The Hall–Kier alpha value is -2.20. The van der Waals surface area contributed by atoms with Crippen molar-refractivity contribution in [1.82, 2.24) is 0 Å². The number of anilines is 2. The molecule has 0 spiro atoms. The van der Waals surface area contributed by atoms with Crippen LogP contribution in [0.2, 0.25) is 5.02 Å². The molecule has 1 N–H and O–H groups in total. The van der Waals surface area contributed by atoms with Crippen molar-refractivity contribution in [3.63, 3.8) is 0 Å². The van der Waals surface area contributed by atoms with E-state index in [0.29, 0.717) is 10.8 Å². The number of rotatable bonds is 5. The van der Waals surface area contributed by atoms with E-state index in [1.54, 1.807) is 12.1 Å². The summed E-state index contributed by atoms with van der Waals surface area (Å²) in [6.45, 7) is 3.94. The highest BCUT2D eigenvalue weighted by molar-refractivity contribution is 6.31. The van der Waals surface area contributed by atoms with Crippen molar-refractivity contribution in [2.75, 3.05) is 29.9 Å². The van der Waals surface area contributed by atoms with E-state index in [9.17, 15) is 4.79 Å². The van der Waals surface area contributed by atoms with Crippen LogP contribution in [0, 0.1) is 6.92 Å². The van der Waals surface area contributed by atoms with Gasteiger partial charge in [-0.3, -0.25) is 4.79 Å². The number of aryl methyl sites for hydroxylation is 1. The van der Waals surface area contributed by atoms with E-state index < -0.39 is 0 Å². The lowest BCUT2D eigenvalue weighted by Gasteiger charge is -2.30. The van der Waals surface area contributed by atoms with Crippen LogP contribution in [0.5, 0.6) is 5.75 Å². The number of nitrogens with zero attached hydrogens (tertiary/aromatic N) is 1. The number of hydrogen-bond acceptors (Lipinski definition) is 3. The predicted molar refractivity (Wildman–Crippen MR) is 103 cm³/mol. The Bertz CT molecular complexity index is 742. The maximum atomic E-state index is 12.3. The van der Waals surface area contributed by atoms with Crippen LogP contribution in [0.1, 0.15) is 24.8 Å². The van der Waals surface area contributed by atoms with Crippen molar-refractivity contribution in [3.05, 3.63) is 53.1 Å². The first-order chi connectivity index (χ1) is 12.1. The van der Waals surface area contributed by atoms with Crippen LogP contribution in [0.3, 0.4) is 0 Å². The van der Waals surface area contributed by atoms with E-state index in [0.717, 1.165) is 30.0 Å². The number of benzene rings is 2. The number of nitrogens with one attached hydrogen (secondary N) is 1. The lowest BCUT2D eigenvalue weighted by atomic mass is 10.1. The molecule has 3 rings (SSSR count). The highest BCUT2D eigenvalue weighted by Gasteiger charge is 2.15. The first kappa shape index (κ1) is 17.6. The largest absolute Gasteiger partial charge is 0.484 e. The van der Waals surface area contributed by atoms with Gasteiger partial charge in [0.1, 0.15) is 5.75 Å². The van der Waals surface area contributed by atoms with Crippen molar-refractivity contribution in [2.24, 2.45) is 0 Å². The van der Waals surface area contributed by atoms with Crippen molar-refractivity contribution >= 4 is 28.9 Å². The molecule has 1 fully saturated rings. The first-order valence-electron chi connectivity index (χ1n) is 8.66. The number of para-hydroxylation sites is 2. The number of amides is 1. The summed E-state index contributed by atoms with van der Waals surface area (Å²) in [5.74, 6) is 0.471. The minimum Gasteiger partial charge on any atom is -0.484 e. The zero-order chi connectivity index (χ0) is 17.6. The molecule has 2 aromatic rings. The maximum Gasteiger partial charge on any atom is 0.262 e. The van der Waals surface area contributed by atoms with Gasteiger partial charge in [-0.2, -0.15) is 0 Å². The van der Waals surface area contributed by atoms with Crippen LogP contribution in [-0.2, 0) is 4.79 Å². The zero-order valence-electron chi connectivity index (χ0n) is 14.4. The van der Waals surface area contributed by atoms with Gasteiger partial charge in [-0.15, -0.1) is 0 Å². The molecule has 132 valence electrons. The molecular weight excluding hydrogens is 336 g/mol. The van der Waals surface area contributed by atoms with Gasteiger partial charge in [0, 0.05) is 18.1 Å². The average molecular weight is 359 g/mol. The summed E-state index contributed by atoms with van der Waals surface area (Å²) in [5, 5.41) is 3.66. The standard InChI is InChI=1S/C20H23ClN2O2/c1-15-13-16(9-10-17(15)21)25-14-20(24)22-18-7-3-4-8-19(18)23-11-5-2-6-12-23/h3-4,7-10,13H,2,5-6,11-12,14H2,1H3,(H,22,24). The molecule has 5 heteroatoms. The van der Waals surface area contributed by atoms with Gasteiger partial charge in [0.25, 0.3) is 5.91 Å². The van der Waals surface area contributed by atoms with Crippen molar-refractivity contribution in [3.8, 4) is 5.75 Å². The summed E-state index contributed by atoms with van der Waals surface area (Å²) < 4.78 is 5.58. The third-order valence-electron chi connectivity index (χ3n) is 4.37. The molecule has 1 saturated heterocycles. The summed E-state index contributed by atoms with van der Waals surface area (Å²) in [4.78, 5) is 14.6. The fourth-order valence-electron chi connectivity index (χ4n) is 3.03. The van der Waals surface area contributed by atoms with Gasteiger partial charge in [0.2, 0.25) is 0 Å². The van der Waals surface area contributed by atoms with Crippen molar-refractivity contribution in [1.29, 1.82) is 0 Å². The van der Waals surface area contributed by atoms with E-state index in [2.05, 4.69) is 16.3 Å². The molecule has 1 aliphatic rings. The first-order valence-corrected chi connectivity index (χ1v) is 9.04. The molecule has 2 aromatic carbocycles. The topological polar surface area (TPSA) is 41.6 Å². The lowest BCUT2D eigenvalue weighted by molar-refractivity contribution is -0.118. The molecule has 0 aromatic heterocycles. The lowest BCUT2D eigenvalue weighted by Crippen LogP contribution is -2.30. The van der Waals surface area contributed by atoms with E-state index in [1.165, 1.54) is 19.3 Å². The Labute approximate surface area is 153 Å². The quantitative estimate of drug-likeness (QED) is 0.845. The predicted octanol–water partition coefficient (Wildman–Crippen LogP) is 4.66. The number of hydrogen-bond donors (Lipinski definition) is 1. The smallest absolute Gasteiger partial charge is 0.262 e. The number of halogens is 1. The Balaban J connectivity index is 1.61. The normalized spacial score (nSPS) is 14.2. The van der Waals surface area contributed by atoms with Crippen LogP contribution < -0.4 is 15.0 Å². The Morgan fingerprint density at radius 1 is 1.16 bits per heavy atom. The van der Waals surface area contributed by atoms with Crippen molar-refractivity contribution < 1.29 is 9.53 Å². The molecule has 0 bridgehead atoms. The van der Waals surface area contributed by atoms with E-state index in [1.807, 2.05) is 31.2 Å². The van der Waals surface area contributed by atoms with E-state index >= 15 is 0 Å². The molecule has 0 atom stereocenters. The van der Waals surface area contributed by atoms with Gasteiger partial charge >= 0.3 is 0 Å². The van der Waals surface area contributed by atoms with Crippen molar-refractivity contribution in [2.45, 2.75) is 26.2 Å². The highest BCUT2D eigenvalue weighted by atomic mass is 35.5. The Morgan fingerprint density at radius 3 is 2.68 bits per heavy atom. The Morgan fingerprint density at radius 2 is 1.92 bits per heavy atom. The summed E-state index contributed by atoms with van der Waals surface area (Å²) >= 11 is 6.00. The maximum absolute atomic E-state index is 12.3. The number of carbonyl (C=O) groups excluding carboxylic acids is 1. The summed E-state index contributed by atoms with van der Waals surface area (Å²) in [6, 6.07) is 13.3. The van der Waals surface area contributed by atoms with Crippen LogP contribution in [0.25, 0.3) is 0 Å². The highest BCUT2D eigenvalue weighted by Crippen LogP contribution is 2.28. The summed E-state index contributed by atoms with van der Waals surface area (Å²) in [7, 11) is 0. The second kappa shape index (κ2) is 8.26. The molecule has 0 radical (unpaired) electrons. The van der Waals surface area contributed by atoms with Gasteiger partial charge < -0.3 is 15.0 Å². The van der Waals surface area contributed by atoms with Crippen LogP contribution in [-0.4, -0.2) is 25.6 Å². The van der Waals surface area contributed by atoms with Gasteiger partial charge in [-0.25, -0.2) is 0 Å². The monoisotopic (exact) mass is 358 g/mol. The SMILES string of the molecule is Cc1cc(OCC(=O)Nc2ccccc2N2CCCCC2)ccc1Cl. The summed E-state index contributed by atoms with van der Waals surface area (Å²) in [6.07, 6.45) is 3.67. The molecular formula is C20H23ClN2O2. The van der Waals surface area contributed by atoms with Crippen LogP contribution in [0.15, 0.2) is 42.5 Å². The molecule has 25 heavy (non-hydrogen) atoms. The molecule has 4 nitrogen and oxygen atoms in total. The Kier molecular flexibility index (Phi) is 5.82. The minimum absolute atomic E-state index is 0.0323. The minimum atomic E-state index is -0.169. The van der Waals surface area contributed by atoms with E-state index in [4.69, 9.17) is 16.3 Å². The zero-order valence-corrected chi connectivity index (χ0v) is 15.2. The molecule has 1 aliphatic heterocycles. The number of ether oxygens (including phenoxy) is 1. The third-order valence-corrected chi connectivity index (χ3v) is 4.80. The average Bonchev–Trinajstić information content (AvgIpc) is 2.64. The summed E-state index contributed by atoms with van der Waals surface area (Å²) in [5.41, 5.74) is 2.85. The fourth-order valence-corrected chi connectivity index (χ4v) is 3.15. The van der Waals surface area contributed by atoms with Crippen LogP contribution in [0.4, 0.5) is 11.4 Å².